The summed E-state index contributed by atoms with van der Waals surface area (Å²) >= 11 is 1.34. The fourth-order valence-corrected chi connectivity index (χ4v) is 3.07. The van der Waals surface area contributed by atoms with Gasteiger partial charge in [0.2, 0.25) is 0 Å². The summed E-state index contributed by atoms with van der Waals surface area (Å²) in [4.78, 5) is 11.8. The molecule has 0 spiro atoms. The SMILES string of the molecule is O=C(O)c1cnsc1CC1CCCCC1. The molecule has 0 aromatic carbocycles. The maximum absolute atomic E-state index is 10.9. The van der Waals surface area contributed by atoms with E-state index in [0.717, 1.165) is 11.3 Å². The summed E-state index contributed by atoms with van der Waals surface area (Å²) in [7, 11) is 0. The number of carbonyl (C=O) groups is 1. The Kier molecular flexibility index (Phi) is 3.36. The summed E-state index contributed by atoms with van der Waals surface area (Å²) in [5, 5.41) is 8.95. The first-order valence-electron chi connectivity index (χ1n) is 5.44. The second-order valence-electron chi connectivity index (χ2n) is 4.18. The van der Waals surface area contributed by atoms with Crippen molar-refractivity contribution in [2.75, 3.05) is 0 Å². The van der Waals surface area contributed by atoms with Crippen molar-refractivity contribution in [1.82, 2.24) is 4.37 Å². The molecule has 1 aliphatic rings. The second-order valence-corrected chi connectivity index (χ2v) is 5.06. The zero-order valence-electron chi connectivity index (χ0n) is 8.61. The van der Waals surface area contributed by atoms with Crippen LogP contribution >= 0.6 is 11.5 Å². The number of nitrogens with zero attached hydrogens (tertiary/aromatic N) is 1. The Hall–Kier alpha value is -0.900. The summed E-state index contributed by atoms with van der Waals surface area (Å²) in [6.45, 7) is 0. The van der Waals surface area contributed by atoms with Gasteiger partial charge in [-0.3, -0.25) is 0 Å². The molecular formula is C11H15NO2S. The number of hydrogen-bond donors (Lipinski definition) is 1. The minimum Gasteiger partial charge on any atom is -0.478 e. The number of aromatic nitrogens is 1. The Labute approximate surface area is 93.3 Å². The highest BCUT2D eigenvalue weighted by molar-refractivity contribution is 7.06. The molecule has 0 radical (unpaired) electrons. The normalized spacial score (nSPS) is 17.9. The van der Waals surface area contributed by atoms with E-state index in [2.05, 4.69) is 4.37 Å². The molecule has 1 heterocycles. The average Bonchev–Trinajstić information content (AvgIpc) is 2.67. The van der Waals surface area contributed by atoms with Gasteiger partial charge in [0.1, 0.15) is 0 Å². The lowest BCUT2D eigenvalue weighted by Gasteiger charge is -2.20. The molecule has 1 aliphatic carbocycles. The van der Waals surface area contributed by atoms with E-state index in [4.69, 9.17) is 5.11 Å². The van der Waals surface area contributed by atoms with E-state index in [0.29, 0.717) is 11.5 Å². The molecule has 3 nitrogen and oxygen atoms in total. The summed E-state index contributed by atoms with van der Waals surface area (Å²) < 4.78 is 3.97. The minimum absolute atomic E-state index is 0.408. The molecule has 2 rings (SSSR count). The fourth-order valence-electron chi connectivity index (χ4n) is 2.24. The number of rotatable bonds is 3. The van der Waals surface area contributed by atoms with E-state index in [9.17, 15) is 4.79 Å². The van der Waals surface area contributed by atoms with Crippen molar-refractivity contribution in [2.24, 2.45) is 5.92 Å². The Morgan fingerprint density at radius 1 is 1.47 bits per heavy atom. The average molecular weight is 225 g/mol. The van der Waals surface area contributed by atoms with Crippen LogP contribution in [0.3, 0.4) is 0 Å². The van der Waals surface area contributed by atoms with Gasteiger partial charge in [0.05, 0.1) is 11.8 Å². The van der Waals surface area contributed by atoms with Gasteiger partial charge in [-0.1, -0.05) is 32.1 Å². The molecular weight excluding hydrogens is 210 g/mol. The van der Waals surface area contributed by atoms with Crippen LogP contribution in [0.5, 0.6) is 0 Å². The van der Waals surface area contributed by atoms with E-state index in [-0.39, 0.29) is 0 Å². The Morgan fingerprint density at radius 3 is 2.87 bits per heavy atom. The van der Waals surface area contributed by atoms with Crippen LogP contribution in [0.4, 0.5) is 0 Å². The molecule has 1 aromatic rings. The van der Waals surface area contributed by atoms with E-state index in [1.165, 1.54) is 49.8 Å². The first-order chi connectivity index (χ1) is 7.27. The van der Waals surface area contributed by atoms with E-state index < -0.39 is 5.97 Å². The van der Waals surface area contributed by atoms with Crippen LogP contribution in [0.25, 0.3) is 0 Å². The maximum Gasteiger partial charge on any atom is 0.338 e. The summed E-state index contributed by atoms with van der Waals surface area (Å²) in [5.41, 5.74) is 0.408. The van der Waals surface area contributed by atoms with Crippen molar-refractivity contribution in [3.63, 3.8) is 0 Å². The molecule has 0 bridgehead atoms. The lowest BCUT2D eigenvalue weighted by Crippen LogP contribution is -2.10. The number of carboxylic acid groups (broad SMARTS) is 1. The van der Waals surface area contributed by atoms with E-state index in [1.807, 2.05) is 0 Å². The van der Waals surface area contributed by atoms with Gasteiger partial charge in [0.15, 0.2) is 0 Å². The number of hydrogen-bond acceptors (Lipinski definition) is 3. The van der Waals surface area contributed by atoms with Crippen molar-refractivity contribution in [3.05, 3.63) is 16.6 Å². The smallest absolute Gasteiger partial charge is 0.338 e. The highest BCUT2D eigenvalue weighted by atomic mass is 32.1. The van der Waals surface area contributed by atoms with Gasteiger partial charge in [0, 0.05) is 4.88 Å². The predicted octanol–water partition coefficient (Wildman–Crippen LogP) is 2.96. The van der Waals surface area contributed by atoms with Crippen LogP contribution in [0, 0.1) is 5.92 Å². The molecule has 1 saturated carbocycles. The van der Waals surface area contributed by atoms with Gasteiger partial charge in [-0.25, -0.2) is 4.79 Å². The van der Waals surface area contributed by atoms with Gasteiger partial charge in [-0.2, -0.15) is 4.37 Å². The third kappa shape index (κ3) is 2.56. The van der Waals surface area contributed by atoms with Gasteiger partial charge < -0.3 is 5.11 Å². The monoisotopic (exact) mass is 225 g/mol. The third-order valence-electron chi connectivity index (χ3n) is 3.07. The van der Waals surface area contributed by atoms with Crippen LogP contribution < -0.4 is 0 Å². The van der Waals surface area contributed by atoms with Crippen LogP contribution in [-0.4, -0.2) is 15.4 Å². The van der Waals surface area contributed by atoms with Crippen molar-refractivity contribution in [3.8, 4) is 0 Å². The van der Waals surface area contributed by atoms with Crippen molar-refractivity contribution >= 4 is 17.5 Å². The number of carboxylic acids is 1. The zero-order chi connectivity index (χ0) is 10.7. The molecule has 1 fully saturated rings. The van der Waals surface area contributed by atoms with Crippen LogP contribution in [0.2, 0.25) is 0 Å². The predicted molar refractivity (Wildman–Crippen MR) is 59.4 cm³/mol. The summed E-state index contributed by atoms with van der Waals surface area (Å²) in [6, 6.07) is 0. The quantitative estimate of drug-likeness (QED) is 0.860. The van der Waals surface area contributed by atoms with Gasteiger partial charge in [0.25, 0.3) is 0 Å². The highest BCUT2D eigenvalue weighted by Gasteiger charge is 2.19. The molecule has 0 saturated heterocycles. The Morgan fingerprint density at radius 2 is 2.20 bits per heavy atom. The summed E-state index contributed by atoms with van der Waals surface area (Å²) in [6.07, 6.45) is 8.81. The molecule has 1 aromatic heterocycles. The van der Waals surface area contributed by atoms with Gasteiger partial charge in [-0.15, -0.1) is 0 Å². The fraction of sp³-hybridized carbons (Fsp3) is 0.636. The molecule has 4 heteroatoms. The first-order valence-corrected chi connectivity index (χ1v) is 6.21. The van der Waals surface area contributed by atoms with Crippen molar-refractivity contribution < 1.29 is 9.90 Å². The minimum atomic E-state index is -0.838. The summed E-state index contributed by atoms with van der Waals surface area (Å²) in [5.74, 6) is -0.160. The molecule has 0 aliphatic heterocycles. The van der Waals surface area contributed by atoms with Crippen molar-refractivity contribution in [2.45, 2.75) is 38.5 Å². The zero-order valence-corrected chi connectivity index (χ0v) is 9.42. The third-order valence-corrected chi connectivity index (χ3v) is 3.89. The van der Waals surface area contributed by atoms with Crippen molar-refractivity contribution in [1.29, 1.82) is 0 Å². The van der Waals surface area contributed by atoms with Gasteiger partial charge >= 0.3 is 5.97 Å². The van der Waals surface area contributed by atoms with E-state index >= 15 is 0 Å². The van der Waals surface area contributed by atoms with Crippen LogP contribution in [0.1, 0.15) is 47.3 Å². The topological polar surface area (TPSA) is 50.2 Å². The molecule has 15 heavy (non-hydrogen) atoms. The number of aromatic carboxylic acids is 1. The molecule has 0 atom stereocenters. The van der Waals surface area contributed by atoms with Crippen LogP contribution in [0.15, 0.2) is 6.20 Å². The molecule has 82 valence electrons. The van der Waals surface area contributed by atoms with Gasteiger partial charge in [-0.05, 0) is 23.9 Å². The first kappa shape index (κ1) is 10.6. The molecule has 0 unspecified atom stereocenters. The highest BCUT2D eigenvalue weighted by Crippen LogP contribution is 2.29. The lowest BCUT2D eigenvalue weighted by molar-refractivity contribution is 0.0696. The Balaban J connectivity index is 2.03. The van der Waals surface area contributed by atoms with E-state index in [1.54, 1.807) is 0 Å². The maximum atomic E-state index is 10.9. The lowest BCUT2D eigenvalue weighted by atomic mass is 9.86. The second kappa shape index (κ2) is 4.75. The van der Waals surface area contributed by atoms with Crippen LogP contribution in [-0.2, 0) is 6.42 Å². The largest absolute Gasteiger partial charge is 0.478 e. The molecule has 1 N–H and O–H groups in total. The Bertz CT molecular complexity index is 342. The standard InChI is InChI=1S/C11H15NO2S/c13-11(14)9-7-12-15-10(9)6-8-4-2-1-3-5-8/h7-8H,1-6H2,(H,13,14). The molecule has 0 amide bonds.